The van der Waals surface area contributed by atoms with E-state index in [2.05, 4.69) is 21.2 Å². The number of nitrogens with one attached hydrogen (secondary N) is 3. The first-order chi connectivity index (χ1) is 16.9. The predicted molar refractivity (Wildman–Crippen MR) is 135 cm³/mol. The zero-order chi connectivity index (χ0) is 25.0. The Morgan fingerprint density at radius 1 is 0.914 bits per heavy atom. The highest BCUT2D eigenvalue weighted by molar-refractivity contribution is 6.39. The van der Waals surface area contributed by atoms with Crippen LogP contribution in [-0.2, 0) is 20.8 Å². The summed E-state index contributed by atoms with van der Waals surface area (Å²) in [4.78, 5) is 36.0. The third-order valence-corrected chi connectivity index (χ3v) is 5.06. The van der Waals surface area contributed by atoms with Gasteiger partial charge in [0, 0.05) is 12.2 Å². The van der Waals surface area contributed by atoms with Gasteiger partial charge in [-0.15, -0.1) is 0 Å². The van der Waals surface area contributed by atoms with E-state index in [1.807, 2.05) is 56.3 Å². The molecule has 0 saturated heterocycles. The zero-order valence-corrected chi connectivity index (χ0v) is 19.7. The van der Waals surface area contributed by atoms with Crippen molar-refractivity contribution < 1.29 is 19.1 Å². The van der Waals surface area contributed by atoms with E-state index in [1.54, 1.807) is 30.3 Å². The Labute approximate surface area is 204 Å². The molecule has 3 aromatic rings. The molecule has 8 nitrogen and oxygen atoms in total. The van der Waals surface area contributed by atoms with Crippen molar-refractivity contribution in [2.24, 2.45) is 5.10 Å². The molecule has 0 saturated carbocycles. The Hall–Kier alpha value is -4.46. The molecule has 0 bridgehead atoms. The van der Waals surface area contributed by atoms with Crippen LogP contribution < -0.4 is 20.8 Å². The van der Waals surface area contributed by atoms with E-state index in [1.165, 1.54) is 6.21 Å². The first-order valence-corrected chi connectivity index (χ1v) is 11.2. The van der Waals surface area contributed by atoms with E-state index in [4.69, 9.17) is 4.74 Å². The Morgan fingerprint density at radius 3 is 2.40 bits per heavy atom. The minimum absolute atomic E-state index is 0.0895. The molecule has 3 aromatic carbocycles. The summed E-state index contributed by atoms with van der Waals surface area (Å²) in [5.41, 5.74) is 6.45. The number of hydrogen-bond acceptors (Lipinski definition) is 5. The maximum Gasteiger partial charge on any atom is 0.329 e. The molecule has 0 fully saturated rings. The van der Waals surface area contributed by atoms with Gasteiger partial charge in [-0.25, -0.2) is 5.43 Å². The van der Waals surface area contributed by atoms with Crippen LogP contribution in [0.1, 0.15) is 22.3 Å². The summed E-state index contributed by atoms with van der Waals surface area (Å²) < 4.78 is 5.50. The van der Waals surface area contributed by atoms with E-state index in [9.17, 15) is 14.4 Å². The van der Waals surface area contributed by atoms with Crippen molar-refractivity contribution in [3.8, 4) is 5.75 Å². The van der Waals surface area contributed by atoms with Gasteiger partial charge in [-0.3, -0.25) is 14.4 Å². The second-order valence-corrected chi connectivity index (χ2v) is 7.91. The molecule has 3 rings (SSSR count). The van der Waals surface area contributed by atoms with Gasteiger partial charge in [0.25, 0.3) is 5.91 Å². The van der Waals surface area contributed by atoms with Crippen LogP contribution in [0.4, 0.5) is 5.69 Å². The molecule has 3 amide bonds. The van der Waals surface area contributed by atoms with Crippen molar-refractivity contribution in [1.82, 2.24) is 10.7 Å². The number of amides is 3. The molecule has 35 heavy (non-hydrogen) atoms. The molecule has 0 heterocycles. The Kier molecular flexibility index (Phi) is 9.13. The molecular weight excluding hydrogens is 444 g/mol. The van der Waals surface area contributed by atoms with Gasteiger partial charge >= 0.3 is 11.8 Å². The normalized spacial score (nSPS) is 10.6. The lowest BCUT2D eigenvalue weighted by Gasteiger charge is -2.08. The summed E-state index contributed by atoms with van der Waals surface area (Å²) in [6.45, 7) is 4.19. The predicted octanol–water partition coefficient (Wildman–Crippen LogP) is 3.13. The molecule has 0 radical (unpaired) electrons. The fourth-order valence-electron chi connectivity index (χ4n) is 3.11. The number of hydrazone groups is 1. The quantitative estimate of drug-likeness (QED) is 0.253. The highest BCUT2D eigenvalue weighted by atomic mass is 16.5. The lowest BCUT2D eigenvalue weighted by Crippen LogP contribution is -2.32. The highest BCUT2D eigenvalue weighted by Gasteiger charge is 2.14. The molecule has 3 N–H and O–H groups in total. The van der Waals surface area contributed by atoms with Crippen LogP contribution in [0.15, 0.2) is 77.9 Å². The number of nitrogens with zero attached hydrogens (tertiary/aromatic N) is 1. The number of rotatable bonds is 9. The number of anilines is 1. The van der Waals surface area contributed by atoms with Gasteiger partial charge in [-0.2, -0.15) is 5.10 Å². The largest absolute Gasteiger partial charge is 0.484 e. The van der Waals surface area contributed by atoms with Crippen LogP contribution in [0.5, 0.6) is 5.75 Å². The Bertz CT molecular complexity index is 1190. The van der Waals surface area contributed by atoms with E-state index in [0.29, 0.717) is 23.5 Å². The van der Waals surface area contributed by atoms with Crippen molar-refractivity contribution in [3.05, 3.63) is 95.1 Å². The van der Waals surface area contributed by atoms with Crippen molar-refractivity contribution in [2.45, 2.75) is 20.3 Å². The zero-order valence-electron chi connectivity index (χ0n) is 19.7. The standard InChI is InChI=1S/C27H28N4O4/c1-19-8-9-20(2)24(16-19)30-26(33)27(34)31-29-17-22-10-12-23(13-11-22)35-18-25(32)28-15-14-21-6-4-3-5-7-21/h3-13,16-17H,14-15,18H2,1-2H3,(H,28,32)(H,30,33)(H,31,34)/b29-17-. The van der Waals surface area contributed by atoms with Crippen LogP contribution in [0.3, 0.4) is 0 Å². The average molecular weight is 473 g/mol. The summed E-state index contributed by atoms with van der Waals surface area (Å²) in [6.07, 6.45) is 2.16. The topological polar surface area (TPSA) is 109 Å². The second-order valence-electron chi connectivity index (χ2n) is 7.91. The van der Waals surface area contributed by atoms with Crippen molar-refractivity contribution in [3.63, 3.8) is 0 Å². The number of hydrogen-bond donors (Lipinski definition) is 3. The minimum atomic E-state index is -0.875. The third kappa shape index (κ3) is 8.43. The third-order valence-electron chi connectivity index (χ3n) is 5.06. The summed E-state index contributed by atoms with van der Waals surface area (Å²) in [5.74, 6) is -1.35. The first-order valence-electron chi connectivity index (χ1n) is 11.2. The number of ether oxygens (including phenoxy) is 1. The second kappa shape index (κ2) is 12.7. The fourth-order valence-corrected chi connectivity index (χ4v) is 3.11. The lowest BCUT2D eigenvalue weighted by atomic mass is 10.1. The molecule has 0 aliphatic rings. The molecule has 0 unspecified atom stereocenters. The monoisotopic (exact) mass is 472 g/mol. The molecule has 0 spiro atoms. The van der Waals surface area contributed by atoms with Crippen molar-refractivity contribution >= 4 is 29.6 Å². The smallest absolute Gasteiger partial charge is 0.329 e. The van der Waals surface area contributed by atoms with Crippen LogP contribution >= 0.6 is 0 Å². The minimum Gasteiger partial charge on any atom is -0.484 e. The van der Waals surface area contributed by atoms with Crippen molar-refractivity contribution in [1.29, 1.82) is 0 Å². The summed E-state index contributed by atoms with van der Waals surface area (Å²) in [7, 11) is 0. The lowest BCUT2D eigenvalue weighted by molar-refractivity contribution is -0.136. The summed E-state index contributed by atoms with van der Waals surface area (Å²) >= 11 is 0. The maximum absolute atomic E-state index is 12.1. The van der Waals surface area contributed by atoms with E-state index in [0.717, 1.165) is 23.1 Å². The molecule has 0 aromatic heterocycles. The molecule has 8 heteroatoms. The molecule has 180 valence electrons. The average Bonchev–Trinajstić information content (AvgIpc) is 2.86. The number of carbonyl (C=O) groups excluding carboxylic acids is 3. The molecule has 0 aliphatic heterocycles. The van der Waals surface area contributed by atoms with E-state index >= 15 is 0 Å². The van der Waals surface area contributed by atoms with Crippen LogP contribution in [0.25, 0.3) is 0 Å². The fraction of sp³-hybridized carbons (Fsp3) is 0.185. The Morgan fingerprint density at radius 2 is 1.66 bits per heavy atom. The number of carbonyl (C=O) groups is 3. The van der Waals surface area contributed by atoms with Crippen LogP contribution in [0.2, 0.25) is 0 Å². The van der Waals surface area contributed by atoms with E-state index < -0.39 is 11.8 Å². The first kappa shape index (κ1) is 25.2. The van der Waals surface area contributed by atoms with Gasteiger partial charge < -0.3 is 15.4 Å². The number of aryl methyl sites for hydroxylation is 2. The molecule has 0 aliphatic carbocycles. The summed E-state index contributed by atoms with van der Waals surface area (Å²) in [5, 5.41) is 9.22. The van der Waals surface area contributed by atoms with Gasteiger partial charge in [0.15, 0.2) is 6.61 Å². The molecular formula is C27H28N4O4. The van der Waals surface area contributed by atoms with Crippen LogP contribution in [0, 0.1) is 13.8 Å². The highest BCUT2D eigenvalue weighted by Crippen LogP contribution is 2.16. The van der Waals surface area contributed by atoms with Gasteiger partial charge in [-0.1, -0.05) is 42.5 Å². The van der Waals surface area contributed by atoms with E-state index in [-0.39, 0.29) is 12.5 Å². The van der Waals surface area contributed by atoms with Crippen LogP contribution in [-0.4, -0.2) is 37.1 Å². The summed E-state index contributed by atoms with van der Waals surface area (Å²) in [6, 6.07) is 22.3. The number of benzene rings is 3. The van der Waals surface area contributed by atoms with Gasteiger partial charge in [0.2, 0.25) is 0 Å². The SMILES string of the molecule is Cc1ccc(C)c(NC(=O)C(=O)N/N=C\c2ccc(OCC(=O)NCCc3ccccc3)cc2)c1. The van der Waals surface area contributed by atoms with Gasteiger partial charge in [-0.05, 0) is 72.9 Å². The van der Waals surface area contributed by atoms with Gasteiger partial charge in [0.1, 0.15) is 5.75 Å². The molecule has 0 atom stereocenters. The van der Waals surface area contributed by atoms with Crippen molar-refractivity contribution in [2.75, 3.05) is 18.5 Å². The van der Waals surface area contributed by atoms with Gasteiger partial charge in [0.05, 0.1) is 6.21 Å². The maximum atomic E-state index is 12.1. The Balaban J connectivity index is 1.38.